The summed E-state index contributed by atoms with van der Waals surface area (Å²) < 4.78 is 19.4. The summed E-state index contributed by atoms with van der Waals surface area (Å²) in [6, 6.07) is 14.0. The smallest absolute Gasteiger partial charge is 0.200 e. The van der Waals surface area contributed by atoms with Crippen LogP contribution in [0.15, 0.2) is 54.7 Å². The van der Waals surface area contributed by atoms with Crippen molar-refractivity contribution in [2.24, 2.45) is 0 Å². The van der Waals surface area contributed by atoms with E-state index in [2.05, 4.69) is 20.2 Å². The van der Waals surface area contributed by atoms with Crippen LogP contribution in [0.25, 0.3) is 33.7 Å². The zero-order valence-corrected chi connectivity index (χ0v) is 12.8. The number of H-pyrrole nitrogens is 1. The second kappa shape index (κ2) is 5.73. The number of aromatic amines is 1. The molecular weight excluding hydrogens is 307 g/mol. The first-order valence-electron chi connectivity index (χ1n) is 7.37. The molecule has 0 spiro atoms. The molecule has 6 heteroatoms. The average molecular weight is 320 g/mol. The minimum atomic E-state index is -0.339. The molecule has 2 aromatic carbocycles. The van der Waals surface area contributed by atoms with Gasteiger partial charge < -0.3 is 4.74 Å². The van der Waals surface area contributed by atoms with Crippen molar-refractivity contribution in [3.8, 4) is 28.3 Å². The molecule has 0 aliphatic carbocycles. The fraction of sp³-hybridized carbons (Fsp3) is 0.0556. The maximum atomic E-state index is 14.0. The number of para-hydroxylation sites is 1. The molecule has 0 aliphatic rings. The van der Waals surface area contributed by atoms with Crippen LogP contribution in [-0.2, 0) is 0 Å². The Labute approximate surface area is 137 Å². The third-order valence-corrected chi connectivity index (χ3v) is 3.79. The highest BCUT2D eigenvalue weighted by Gasteiger charge is 2.16. The Bertz CT molecular complexity index is 1030. The summed E-state index contributed by atoms with van der Waals surface area (Å²) in [5.74, 6) is 0.356. The monoisotopic (exact) mass is 320 g/mol. The zero-order chi connectivity index (χ0) is 16.5. The topological polar surface area (TPSA) is 63.7 Å². The first-order chi connectivity index (χ1) is 11.8. The molecule has 5 nitrogen and oxygen atoms in total. The van der Waals surface area contributed by atoms with E-state index in [0.29, 0.717) is 33.9 Å². The van der Waals surface area contributed by atoms with Gasteiger partial charge in [0.1, 0.15) is 17.1 Å². The summed E-state index contributed by atoms with van der Waals surface area (Å²) in [6.07, 6.45) is 1.52. The highest BCUT2D eigenvalue weighted by molar-refractivity contribution is 5.90. The van der Waals surface area contributed by atoms with Crippen LogP contribution in [0.5, 0.6) is 5.75 Å². The van der Waals surface area contributed by atoms with E-state index < -0.39 is 0 Å². The van der Waals surface area contributed by atoms with E-state index >= 15 is 0 Å². The predicted octanol–water partition coefficient (Wildman–Crippen LogP) is 3.83. The fourth-order valence-electron chi connectivity index (χ4n) is 2.63. The SMILES string of the molecule is COc1ccccc1-c1[nH]nc2ncc(-c3ccccc3F)nc12. The number of benzene rings is 2. The second-order valence-corrected chi connectivity index (χ2v) is 5.21. The largest absolute Gasteiger partial charge is 0.496 e. The van der Waals surface area contributed by atoms with Gasteiger partial charge in [-0.1, -0.05) is 24.3 Å². The number of nitrogens with zero attached hydrogens (tertiary/aromatic N) is 3. The van der Waals surface area contributed by atoms with Crippen LogP contribution in [0.2, 0.25) is 0 Å². The maximum Gasteiger partial charge on any atom is 0.200 e. The van der Waals surface area contributed by atoms with Gasteiger partial charge in [-0.05, 0) is 24.3 Å². The number of halogens is 1. The normalized spacial score (nSPS) is 10.9. The summed E-state index contributed by atoms with van der Waals surface area (Å²) in [5.41, 5.74) is 3.41. The Morgan fingerprint density at radius 3 is 2.54 bits per heavy atom. The molecule has 0 fully saturated rings. The number of rotatable bonds is 3. The maximum absolute atomic E-state index is 14.0. The molecule has 0 saturated heterocycles. The lowest BCUT2D eigenvalue weighted by molar-refractivity contribution is 0.416. The molecule has 1 N–H and O–H groups in total. The molecular formula is C18H13FN4O. The zero-order valence-electron chi connectivity index (χ0n) is 12.8. The molecule has 0 amide bonds. The minimum Gasteiger partial charge on any atom is -0.496 e. The van der Waals surface area contributed by atoms with Crippen molar-refractivity contribution in [1.29, 1.82) is 0 Å². The van der Waals surface area contributed by atoms with E-state index in [9.17, 15) is 4.39 Å². The van der Waals surface area contributed by atoms with Crippen LogP contribution < -0.4 is 4.74 Å². The van der Waals surface area contributed by atoms with Crippen LogP contribution in [-0.4, -0.2) is 27.3 Å². The van der Waals surface area contributed by atoms with Gasteiger partial charge in [-0.25, -0.2) is 14.4 Å². The lowest BCUT2D eigenvalue weighted by Gasteiger charge is -2.06. The van der Waals surface area contributed by atoms with Gasteiger partial charge >= 0.3 is 0 Å². The number of hydrogen-bond donors (Lipinski definition) is 1. The second-order valence-electron chi connectivity index (χ2n) is 5.21. The molecule has 0 unspecified atom stereocenters. The average Bonchev–Trinajstić information content (AvgIpc) is 3.05. The Morgan fingerprint density at radius 2 is 1.75 bits per heavy atom. The number of ether oxygens (including phenoxy) is 1. The van der Waals surface area contributed by atoms with Gasteiger partial charge in [0.15, 0.2) is 5.65 Å². The lowest BCUT2D eigenvalue weighted by Crippen LogP contribution is -1.92. The van der Waals surface area contributed by atoms with Gasteiger partial charge in [-0.3, -0.25) is 5.10 Å². The Balaban J connectivity index is 1.93. The fourth-order valence-corrected chi connectivity index (χ4v) is 2.63. The molecule has 24 heavy (non-hydrogen) atoms. The Kier molecular flexibility index (Phi) is 3.42. The molecule has 0 radical (unpaired) electrons. The Hall–Kier alpha value is -3.28. The van der Waals surface area contributed by atoms with Crippen LogP contribution in [0, 0.1) is 5.82 Å². The van der Waals surface area contributed by atoms with Crippen molar-refractivity contribution >= 4 is 11.2 Å². The van der Waals surface area contributed by atoms with Crippen molar-refractivity contribution in [3.05, 3.63) is 60.5 Å². The van der Waals surface area contributed by atoms with Crippen molar-refractivity contribution in [2.45, 2.75) is 0 Å². The van der Waals surface area contributed by atoms with Crippen molar-refractivity contribution < 1.29 is 9.13 Å². The number of nitrogens with one attached hydrogen (secondary N) is 1. The van der Waals surface area contributed by atoms with Crippen LogP contribution in [0.1, 0.15) is 0 Å². The molecule has 2 heterocycles. The summed E-state index contributed by atoms with van der Waals surface area (Å²) in [6.45, 7) is 0. The van der Waals surface area contributed by atoms with Crippen LogP contribution in [0.3, 0.4) is 0 Å². The van der Waals surface area contributed by atoms with E-state index in [4.69, 9.17) is 4.74 Å². The third kappa shape index (κ3) is 2.28. The summed E-state index contributed by atoms with van der Waals surface area (Å²) in [7, 11) is 1.61. The highest BCUT2D eigenvalue weighted by Crippen LogP contribution is 2.32. The molecule has 4 aromatic rings. The van der Waals surface area contributed by atoms with Crippen molar-refractivity contribution in [2.75, 3.05) is 7.11 Å². The quantitative estimate of drug-likeness (QED) is 0.623. The van der Waals surface area contributed by atoms with Gasteiger partial charge in [-0.2, -0.15) is 5.10 Å². The number of aromatic nitrogens is 4. The third-order valence-electron chi connectivity index (χ3n) is 3.79. The van der Waals surface area contributed by atoms with Gasteiger partial charge in [0.05, 0.1) is 24.7 Å². The molecule has 118 valence electrons. The van der Waals surface area contributed by atoms with Gasteiger partial charge in [0.25, 0.3) is 0 Å². The van der Waals surface area contributed by atoms with E-state index in [1.807, 2.05) is 24.3 Å². The van der Waals surface area contributed by atoms with Crippen LogP contribution in [0.4, 0.5) is 4.39 Å². The summed E-state index contributed by atoms with van der Waals surface area (Å²) in [4.78, 5) is 8.85. The van der Waals surface area contributed by atoms with E-state index in [-0.39, 0.29) is 5.82 Å². The lowest BCUT2D eigenvalue weighted by atomic mass is 10.1. The van der Waals surface area contributed by atoms with Gasteiger partial charge in [-0.15, -0.1) is 0 Å². The van der Waals surface area contributed by atoms with E-state index in [0.717, 1.165) is 5.56 Å². The molecule has 4 rings (SSSR count). The molecule has 0 atom stereocenters. The van der Waals surface area contributed by atoms with Crippen molar-refractivity contribution in [3.63, 3.8) is 0 Å². The number of fused-ring (bicyclic) bond motifs is 1. The summed E-state index contributed by atoms with van der Waals surface area (Å²) in [5, 5.41) is 7.13. The molecule has 2 aromatic heterocycles. The number of methoxy groups -OCH3 is 1. The minimum absolute atomic E-state index is 0.339. The summed E-state index contributed by atoms with van der Waals surface area (Å²) >= 11 is 0. The highest BCUT2D eigenvalue weighted by atomic mass is 19.1. The van der Waals surface area contributed by atoms with Crippen molar-refractivity contribution in [1.82, 2.24) is 20.2 Å². The molecule has 0 bridgehead atoms. The van der Waals surface area contributed by atoms with Gasteiger partial charge in [0, 0.05) is 11.1 Å². The first kappa shape index (κ1) is 14.3. The Morgan fingerprint density at radius 1 is 1.00 bits per heavy atom. The van der Waals surface area contributed by atoms with E-state index in [1.165, 1.54) is 12.3 Å². The van der Waals surface area contributed by atoms with Crippen LogP contribution >= 0.6 is 0 Å². The van der Waals surface area contributed by atoms with Gasteiger partial charge in [0.2, 0.25) is 0 Å². The van der Waals surface area contributed by atoms with E-state index in [1.54, 1.807) is 25.3 Å². The first-order valence-corrected chi connectivity index (χ1v) is 7.37. The number of hydrogen-bond acceptors (Lipinski definition) is 4. The predicted molar refractivity (Wildman–Crippen MR) is 89.1 cm³/mol. The molecule has 0 saturated carbocycles. The molecule has 0 aliphatic heterocycles. The standard InChI is InChI=1S/C18H13FN4O/c1-24-15-9-5-3-7-12(15)16-17-18(23-22-16)20-10-14(21-17)11-6-2-4-8-13(11)19/h2-10H,1H3,(H,20,22,23).